The monoisotopic (exact) mass is 386 g/mol. The van der Waals surface area contributed by atoms with Crippen LogP contribution in [0.4, 0.5) is 0 Å². The normalized spacial score (nSPS) is 11.0. The molecule has 0 aromatic heterocycles. The van der Waals surface area contributed by atoms with E-state index in [0.717, 1.165) is 13.0 Å². The van der Waals surface area contributed by atoms with Crippen LogP contribution >= 0.6 is 0 Å². The molecule has 0 saturated heterocycles. The van der Waals surface area contributed by atoms with Crippen LogP contribution in [0.5, 0.6) is 0 Å². The number of ether oxygens (including phenoxy) is 2. The third-order valence-electron chi connectivity index (χ3n) is 4.97. The number of hydrogen-bond donors (Lipinski definition) is 1. The number of unbranched alkanes of at least 4 members (excludes halogenated alkanes) is 15. The summed E-state index contributed by atoms with van der Waals surface area (Å²) < 4.78 is 10.3. The van der Waals surface area contributed by atoms with Crippen LogP contribution in [0.15, 0.2) is 0 Å². The maximum atomic E-state index is 10.7. The van der Waals surface area contributed by atoms with Gasteiger partial charge in [0.2, 0.25) is 0 Å². The summed E-state index contributed by atoms with van der Waals surface area (Å²) in [6.45, 7) is 3.49. The van der Waals surface area contributed by atoms with E-state index < -0.39 is 12.6 Å². The van der Waals surface area contributed by atoms with E-state index in [9.17, 15) is 4.79 Å². The molecule has 0 heterocycles. The summed E-state index contributed by atoms with van der Waals surface area (Å²) in [5.74, 6) is -0.562. The van der Waals surface area contributed by atoms with E-state index in [4.69, 9.17) is 14.6 Å². The summed E-state index contributed by atoms with van der Waals surface area (Å²) in [5.41, 5.74) is 0. The number of aliphatic hydroxyl groups excluding tert-OH is 1. The molecule has 0 saturated carbocycles. The minimum absolute atomic E-state index is 0.332. The molecule has 0 aromatic rings. The molecule has 0 aliphatic rings. The van der Waals surface area contributed by atoms with Gasteiger partial charge in [-0.3, -0.25) is 0 Å². The highest BCUT2D eigenvalue weighted by Gasteiger charge is 1.98. The van der Waals surface area contributed by atoms with Gasteiger partial charge < -0.3 is 14.6 Å². The van der Waals surface area contributed by atoms with Crippen LogP contribution in [0.25, 0.3) is 0 Å². The van der Waals surface area contributed by atoms with Crippen LogP contribution in [-0.2, 0) is 14.3 Å². The van der Waals surface area contributed by atoms with Gasteiger partial charge in [0, 0.05) is 19.6 Å². The van der Waals surface area contributed by atoms with Crippen LogP contribution in [0.1, 0.15) is 116 Å². The zero-order valence-corrected chi connectivity index (χ0v) is 18.0. The second-order valence-electron chi connectivity index (χ2n) is 7.65. The van der Waals surface area contributed by atoms with Gasteiger partial charge >= 0.3 is 5.97 Å². The van der Waals surface area contributed by atoms with Crippen molar-refractivity contribution in [2.24, 2.45) is 0 Å². The molecule has 4 heteroatoms. The van der Waals surface area contributed by atoms with Crippen LogP contribution in [-0.4, -0.2) is 37.5 Å². The summed E-state index contributed by atoms with van der Waals surface area (Å²) in [6.07, 6.45) is 22.8. The van der Waals surface area contributed by atoms with Crippen LogP contribution in [0.3, 0.4) is 0 Å². The minimum atomic E-state index is -0.562. The smallest absolute Gasteiger partial charge is 0.331 e. The number of esters is 1. The molecule has 27 heavy (non-hydrogen) atoms. The molecule has 0 aliphatic heterocycles. The van der Waals surface area contributed by atoms with E-state index >= 15 is 0 Å². The Morgan fingerprint density at radius 3 is 1.44 bits per heavy atom. The summed E-state index contributed by atoms with van der Waals surface area (Å²) >= 11 is 0. The molecule has 0 atom stereocenters. The molecule has 0 aromatic carbocycles. The molecule has 0 spiro atoms. The standard InChI is InChI=1S/C23H46O4/c1-2-3-4-5-6-7-8-9-10-11-12-13-14-15-16-17-19-26-20-18-21-27-23(25)22-24/h24H,2-22H2,1H3. The zero-order valence-electron chi connectivity index (χ0n) is 18.0. The van der Waals surface area contributed by atoms with Crippen LogP contribution in [0.2, 0.25) is 0 Å². The van der Waals surface area contributed by atoms with Gasteiger partial charge in [0.25, 0.3) is 0 Å². The second kappa shape index (κ2) is 23.4. The first-order chi connectivity index (χ1) is 13.3. The maximum Gasteiger partial charge on any atom is 0.331 e. The Morgan fingerprint density at radius 1 is 0.593 bits per heavy atom. The Morgan fingerprint density at radius 2 is 1.00 bits per heavy atom. The van der Waals surface area contributed by atoms with Gasteiger partial charge in [-0.1, -0.05) is 103 Å². The van der Waals surface area contributed by atoms with Gasteiger partial charge in [-0.2, -0.15) is 0 Å². The van der Waals surface area contributed by atoms with Gasteiger partial charge in [0.15, 0.2) is 0 Å². The van der Waals surface area contributed by atoms with Crippen molar-refractivity contribution in [1.29, 1.82) is 0 Å². The van der Waals surface area contributed by atoms with E-state index in [1.54, 1.807) is 0 Å². The molecular weight excluding hydrogens is 340 g/mol. The van der Waals surface area contributed by atoms with Crippen molar-refractivity contribution in [1.82, 2.24) is 0 Å². The number of rotatable bonds is 22. The Kier molecular flexibility index (Phi) is 22.9. The lowest BCUT2D eigenvalue weighted by Gasteiger charge is -2.05. The summed E-state index contributed by atoms with van der Waals surface area (Å²) in [6, 6.07) is 0. The molecule has 0 aliphatic carbocycles. The average Bonchev–Trinajstić information content (AvgIpc) is 2.68. The van der Waals surface area contributed by atoms with Gasteiger partial charge in [-0.05, 0) is 6.42 Å². The molecule has 0 amide bonds. The molecule has 4 nitrogen and oxygen atoms in total. The van der Waals surface area contributed by atoms with Crippen molar-refractivity contribution in [3.05, 3.63) is 0 Å². The largest absolute Gasteiger partial charge is 0.464 e. The number of carbonyl (C=O) groups is 1. The first kappa shape index (κ1) is 26.4. The minimum Gasteiger partial charge on any atom is -0.464 e. The lowest BCUT2D eigenvalue weighted by molar-refractivity contribution is -0.147. The Bertz CT molecular complexity index is 294. The molecule has 0 rings (SSSR count). The number of hydrogen-bond acceptors (Lipinski definition) is 4. The second-order valence-corrected chi connectivity index (χ2v) is 7.65. The van der Waals surface area contributed by atoms with Crippen molar-refractivity contribution in [2.75, 3.05) is 26.4 Å². The highest BCUT2D eigenvalue weighted by molar-refractivity contribution is 5.70. The van der Waals surface area contributed by atoms with Crippen molar-refractivity contribution in [3.8, 4) is 0 Å². The summed E-state index contributed by atoms with van der Waals surface area (Å²) in [4.78, 5) is 10.7. The molecule has 0 fully saturated rings. The lowest BCUT2D eigenvalue weighted by atomic mass is 10.0. The predicted molar refractivity (Wildman–Crippen MR) is 113 cm³/mol. The van der Waals surface area contributed by atoms with E-state index in [1.165, 1.54) is 96.3 Å². The fraction of sp³-hybridized carbons (Fsp3) is 0.957. The van der Waals surface area contributed by atoms with Crippen molar-refractivity contribution in [3.63, 3.8) is 0 Å². The molecule has 1 N–H and O–H groups in total. The van der Waals surface area contributed by atoms with Crippen molar-refractivity contribution < 1.29 is 19.4 Å². The molecule has 0 radical (unpaired) electrons. The molecule has 162 valence electrons. The van der Waals surface area contributed by atoms with Crippen LogP contribution < -0.4 is 0 Å². The quantitative estimate of drug-likeness (QED) is 0.178. The third kappa shape index (κ3) is 23.4. The Hall–Kier alpha value is -0.610. The molecular formula is C23H46O4. The highest BCUT2D eigenvalue weighted by atomic mass is 16.5. The van der Waals surface area contributed by atoms with E-state index in [-0.39, 0.29) is 0 Å². The number of carbonyl (C=O) groups excluding carboxylic acids is 1. The fourth-order valence-corrected chi connectivity index (χ4v) is 3.25. The van der Waals surface area contributed by atoms with Gasteiger partial charge in [-0.15, -0.1) is 0 Å². The summed E-state index contributed by atoms with van der Waals surface area (Å²) in [5, 5.41) is 8.49. The predicted octanol–water partition coefficient (Wildman–Crippen LogP) is 6.19. The Balaban J connectivity index is 3.00. The topological polar surface area (TPSA) is 55.8 Å². The molecule has 0 unspecified atom stereocenters. The summed E-state index contributed by atoms with van der Waals surface area (Å²) in [7, 11) is 0. The van der Waals surface area contributed by atoms with E-state index in [0.29, 0.717) is 19.6 Å². The lowest BCUT2D eigenvalue weighted by Crippen LogP contribution is -2.11. The fourth-order valence-electron chi connectivity index (χ4n) is 3.25. The van der Waals surface area contributed by atoms with Crippen molar-refractivity contribution in [2.45, 2.75) is 116 Å². The van der Waals surface area contributed by atoms with Crippen molar-refractivity contribution >= 4 is 5.97 Å². The van der Waals surface area contributed by atoms with Crippen LogP contribution in [0, 0.1) is 0 Å². The van der Waals surface area contributed by atoms with E-state index in [1.807, 2.05) is 0 Å². The average molecular weight is 387 g/mol. The van der Waals surface area contributed by atoms with Gasteiger partial charge in [-0.25, -0.2) is 4.79 Å². The van der Waals surface area contributed by atoms with Gasteiger partial charge in [0.1, 0.15) is 6.61 Å². The maximum absolute atomic E-state index is 10.7. The SMILES string of the molecule is CCCCCCCCCCCCCCCCCCOCCCOC(=O)CO. The van der Waals surface area contributed by atoms with E-state index in [2.05, 4.69) is 6.92 Å². The first-order valence-corrected chi connectivity index (χ1v) is 11.7. The highest BCUT2D eigenvalue weighted by Crippen LogP contribution is 2.13. The molecule has 0 bridgehead atoms. The Labute approximate surface area is 168 Å². The first-order valence-electron chi connectivity index (χ1n) is 11.7. The number of aliphatic hydroxyl groups is 1. The zero-order chi connectivity index (χ0) is 19.8. The van der Waals surface area contributed by atoms with Gasteiger partial charge in [0.05, 0.1) is 6.61 Å². The third-order valence-corrected chi connectivity index (χ3v) is 4.97.